The molecule has 0 aromatic heterocycles. The van der Waals surface area contributed by atoms with E-state index in [1.807, 2.05) is 13.0 Å². The number of carbonyl (C=O) groups excluding carboxylic acids is 1. The SMILES string of the molecule is CCCCCCC(C)NC(=O)COc1ccccc1C#N. The zero-order valence-electron chi connectivity index (χ0n) is 12.9. The molecule has 21 heavy (non-hydrogen) atoms. The van der Waals surface area contributed by atoms with Gasteiger partial charge in [0.1, 0.15) is 11.8 Å². The minimum absolute atomic E-state index is 0.0575. The van der Waals surface area contributed by atoms with Crippen molar-refractivity contribution in [1.29, 1.82) is 5.26 Å². The molecule has 0 saturated heterocycles. The lowest BCUT2D eigenvalue weighted by Crippen LogP contribution is -2.36. The van der Waals surface area contributed by atoms with Crippen molar-refractivity contribution in [2.75, 3.05) is 6.61 Å². The lowest BCUT2D eigenvalue weighted by atomic mass is 10.1. The lowest BCUT2D eigenvalue weighted by molar-refractivity contribution is -0.123. The van der Waals surface area contributed by atoms with Gasteiger partial charge in [0.2, 0.25) is 0 Å². The average molecular weight is 288 g/mol. The second kappa shape index (κ2) is 9.82. The van der Waals surface area contributed by atoms with Crippen LogP contribution in [0.4, 0.5) is 0 Å². The van der Waals surface area contributed by atoms with Gasteiger partial charge in [-0.05, 0) is 25.5 Å². The molecule has 0 aliphatic carbocycles. The molecule has 0 heterocycles. The molecule has 0 saturated carbocycles. The Bertz CT molecular complexity index is 480. The van der Waals surface area contributed by atoms with Gasteiger partial charge in [0.15, 0.2) is 6.61 Å². The van der Waals surface area contributed by atoms with Crippen LogP contribution in [-0.4, -0.2) is 18.6 Å². The number of hydrogen-bond donors (Lipinski definition) is 1. The highest BCUT2D eigenvalue weighted by Gasteiger charge is 2.09. The minimum atomic E-state index is -0.147. The van der Waals surface area contributed by atoms with E-state index in [1.165, 1.54) is 19.3 Å². The Hall–Kier alpha value is -2.02. The summed E-state index contributed by atoms with van der Waals surface area (Å²) in [7, 11) is 0. The van der Waals surface area contributed by atoms with Crippen LogP contribution in [-0.2, 0) is 4.79 Å². The second-order valence-corrected chi connectivity index (χ2v) is 5.21. The number of rotatable bonds is 9. The monoisotopic (exact) mass is 288 g/mol. The summed E-state index contributed by atoms with van der Waals surface area (Å²) in [6.45, 7) is 4.13. The number of nitrogens with one attached hydrogen (secondary N) is 1. The fourth-order valence-electron chi connectivity index (χ4n) is 2.09. The summed E-state index contributed by atoms with van der Waals surface area (Å²) in [6, 6.07) is 9.11. The van der Waals surface area contributed by atoms with Crippen molar-refractivity contribution in [3.8, 4) is 11.8 Å². The van der Waals surface area contributed by atoms with Crippen LogP contribution in [0.5, 0.6) is 5.75 Å². The van der Waals surface area contributed by atoms with Crippen LogP contribution in [0, 0.1) is 11.3 Å². The van der Waals surface area contributed by atoms with E-state index in [0.717, 1.165) is 12.8 Å². The van der Waals surface area contributed by atoms with Crippen molar-refractivity contribution < 1.29 is 9.53 Å². The van der Waals surface area contributed by atoms with E-state index in [4.69, 9.17) is 10.00 Å². The van der Waals surface area contributed by atoms with Gasteiger partial charge in [-0.15, -0.1) is 0 Å². The van der Waals surface area contributed by atoms with Gasteiger partial charge < -0.3 is 10.1 Å². The third kappa shape index (κ3) is 6.80. The summed E-state index contributed by atoms with van der Waals surface area (Å²) in [5.74, 6) is 0.302. The first-order valence-electron chi connectivity index (χ1n) is 7.58. The molecular weight excluding hydrogens is 264 g/mol. The predicted octanol–water partition coefficient (Wildman–Crippen LogP) is 3.41. The molecule has 1 aromatic rings. The van der Waals surface area contributed by atoms with E-state index < -0.39 is 0 Å². The molecular formula is C17H24N2O2. The van der Waals surface area contributed by atoms with Crippen LogP contribution in [0.2, 0.25) is 0 Å². The lowest BCUT2D eigenvalue weighted by Gasteiger charge is -2.14. The van der Waals surface area contributed by atoms with Crippen LogP contribution in [0.1, 0.15) is 51.5 Å². The molecule has 1 aromatic carbocycles. The van der Waals surface area contributed by atoms with Crippen molar-refractivity contribution in [3.05, 3.63) is 29.8 Å². The number of para-hydroxylation sites is 1. The molecule has 0 aliphatic heterocycles. The molecule has 4 heteroatoms. The maximum absolute atomic E-state index is 11.8. The van der Waals surface area contributed by atoms with Gasteiger partial charge >= 0.3 is 0 Å². The maximum Gasteiger partial charge on any atom is 0.258 e. The number of ether oxygens (including phenoxy) is 1. The zero-order valence-corrected chi connectivity index (χ0v) is 12.9. The summed E-state index contributed by atoms with van der Waals surface area (Å²) < 4.78 is 5.40. The van der Waals surface area contributed by atoms with Crippen molar-refractivity contribution >= 4 is 5.91 Å². The van der Waals surface area contributed by atoms with Gasteiger partial charge in [-0.1, -0.05) is 44.7 Å². The number of nitrogens with zero attached hydrogens (tertiary/aromatic N) is 1. The Balaban J connectivity index is 2.29. The van der Waals surface area contributed by atoms with Crippen LogP contribution < -0.4 is 10.1 Å². The highest BCUT2D eigenvalue weighted by atomic mass is 16.5. The molecule has 1 unspecified atom stereocenters. The molecule has 1 rings (SSSR count). The Morgan fingerprint density at radius 2 is 2.10 bits per heavy atom. The normalized spacial score (nSPS) is 11.5. The topological polar surface area (TPSA) is 62.1 Å². The van der Waals surface area contributed by atoms with E-state index in [-0.39, 0.29) is 18.6 Å². The zero-order chi connectivity index (χ0) is 15.5. The molecule has 0 spiro atoms. The van der Waals surface area contributed by atoms with Crippen LogP contribution in [0.3, 0.4) is 0 Å². The molecule has 0 radical (unpaired) electrons. The number of nitriles is 1. The summed E-state index contributed by atoms with van der Waals surface area (Å²) in [5.41, 5.74) is 0.443. The third-order valence-electron chi connectivity index (χ3n) is 3.26. The van der Waals surface area contributed by atoms with E-state index in [0.29, 0.717) is 11.3 Å². The highest BCUT2D eigenvalue weighted by molar-refractivity contribution is 5.77. The van der Waals surface area contributed by atoms with E-state index in [9.17, 15) is 4.79 Å². The van der Waals surface area contributed by atoms with Gasteiger partial charge in [-0.2, -0.15) is 5.26 Å². The first kappa shape index (κ1) is 17.0. The molecule has 4 nitrogen and oxygen atoms in total. The first-order chi connectivity index (χ1) is 10.2. The van der Waals surface area contributed by atoms with Gasteiger partial charge in [0.05, 0.1) is 5.56 Å². The van der Waals surface area contributed by atoms with Gasteiger partial charge in [0, 0.05) is 6.04 Å². The minimum Gasteiger partial charge on any atom is -0.482 e. The molecule has 0 fully saturated rings. The summed E-state index contributed by atoms with van der Waals surface area (Å²) in [5, 5.41) is 11.9. The number of benzene rings is 1. The van der Waals surface area contributed by atoms with Crippen molar-refractivity contribution in [3.63, 3.8) is 0 Å². The van der Waals surface area contributed by atoms with Gasteiger partial charge in [0.25, 0.3) is 5.91 Å². The second-order valence-electron chi connectivity index (χ2n) is 5.21. The van der Waals surface area contributed by atoms with Crippen LogP contribution in [0.15, 0.2) is 24.3 Å². The van der Waals surface area contributed by atoms with E-state index in [1.54, 1.807) is 24.3 Å². The molecule has 0 bridgehead atoms. The van der Waals surface area contributed by atoms with E-state index in [2.05, 4.69) is 12.2 Å². The Labute approximate surface area is 127 Å². The summed E-state index contributed by atoms with van der Waals surface area (Å²) >= 11 is 0. The molecule has 0 aliphatic rings. The van der Waals surface area contributed by atoms with Gasteiger partial charge in [-0.3, -0.25) is 4.79 Å². The summed E-state index contributed by atoms with van der Waals surface area (Å²) in [6.07, 6.45) is 5.79. The Morgan fingerprint density at radius 3 is 2.81 bits per heavy atom. The fraction of sp³-hybridized carbons (Fsp3) is 0.529. The first-order valence-corrected chi connectivity index (χ1v) is 7.58. The molecule has 114 valence electrons. The van der Waals surface area contributed by atoms with Gasteiger partial charge in [-0.25, -0.2) is 0 Å². The molecule has 1 N–H and O–H groups in total. The van der Waals surface area contributed by atoms with Crippen molar-refractivity contribution in [2.45, 2.75) is 52.0 Å². The predicted molar refractivity (Wildman–Crippen MR) is 83.0 cm³/mol. The summed E-state index contributed by atoms with van der Waals surface area (Å²) in [4.78, 5) is 11.8. The quantitative estimate of drug-likeness (QED) is 0.708. The van der Waals surface area contributed by atoms with Crippen molar-refractivity contribution in [2.24, 2.45) is 0 Å². The number of carbonyl (C=O) groups is 1. The molecule has 1 atom stereocenters. The Kier molecular flexibility index (Phi) is 7.96. The third-order valence-corrected chi connectivity index (χ3v) is 3.26. The number of unbranched alkanes of at least 4 members (excludes halogenated alkanes) is 3. The van der Waals surface area contributed by atoms with Crippen LogP contribution >= 0.6 is 0 Å². The fourth-order valence-corrected chi connectivity index (χ4v) is 2.09. The average Bonchev–Trinajstić information content (AvgIpc) is 2.49. The maximum atomic E-state index is 11.8. The molecule has 1 amide bonds. The van der Waals surface area contributed by atoms with Crippen molar-refractivity contribution in [1.82, 2.24) is 5.32 Å². The highest BCUT2D eigenvalue weighted by Crippen LogP contribution is 2.16. The van der Waals surface area contributed by atoms with Crippen LogP contribution in [0.25, 0.3) is 0 Å². The standard InChI is InChI=1S/C17H24N2O2/c1-3-4-5-6-9-14(2)19-17(20)13-21-16-11-8-7-10-15(16)12-18/h7-8,10-11,14H,3-6,9,13H2,1-2H3,(H,19,20). The Morgan fingerprint density at radius 1 is 1.33 bits per heavy atom. The van der Waals surface area contributed by atoms with E-state index >= 15 is 0 Å². The number of amides is 1. The number of hydrogen-bond acceptors (Lipinski definition) is 3. The smallest absolute Gasteiger partial charge is 0.258 e. The largest absolute Gasteiger partial charge is 0.482 e.